The molecule has 0 spiro atoms. The van der Waals surface area contributed by atoms with E-state index in [0.29, 0.717) is 14.5 Å². The first-order valence-corrected chi connectivity index (χ1v) is 8.66. The summed E-state index contributed by atoms with van der Waals surface area (Å²) < 4.78 is 1.19. The normalized spacial score (nSPS) is 12.3. The molecule has 0 radical (unpaired) electrons. The van der Waals surface area contributed by atoms with Crippen molar-refractivity contribution in [3.05, 3.63) is 68.1 Å². The summed E-state index contributed by atoms with van der Waals surface area (Å²) in [7, 11) is 0. The lowest BCUT2D eigenvalue weighted by molar-refractivity contribution is -0.117. The molecule has 1 amide bonds. The van der Waals surface area contributed by atoms with Crippen LogP contribution in [-0.2, 0) is 4.79 Å². The minimum atomic E-state index is -0.496. The Kier molecular flexibility index (Phi) is 6.18. The first-order valence-electron chi connectivity index (χ1n) is 7.08. The molecule has 0 bridgehead atoms. The highest BCUT2D eigenvalue weighted by Gasteiger charge is 2.15. The summed E-state index contributed by atoms with van der Waals surface area (Å²) in [5, 5.41) is 22.1. The molecule has 0 saturated carbocycles. The van der Waals surface area contributed by atoms with Crippen molar-refractivity contribution < 1.29 is 9.90 Å². The van der Waals surface area contributed by atoms with E-state index < -0.39 is 5.91 Å². The van der Waals surface area contributed by atoms with Crippen LogP contribution in [0.2, 0.25) is 0 Å². The van der Waals surface area contributed by atoms with Crippen LogP contribution in [0.3, 0.4) is 0 Å². The molecular formula is C18H14Br2N2O2. The Hall–Kier alpha value is -2.10. The Morgan fingerprint density at radius 2 is 1.96 bits per heavy atom. The van der Waals surface area contributed by atoms with Crippen LogP contribution >= 0.6 is 31.9 Å². The molecule has 0 heterocycles. The third kappa shape index (κ3) is 4.47. The SMILES string of the molecule is C[C@H](NC(=O)/C(C#N)=C/c1cc(Br)cc(Br)c1O)c1ccccc1. The minimum absolute atomic E-state index is 0.0325. The molecule has 2 rings (SSSR count). The van der Waals surface area contributed by atoms with Gasteiger partial charge < -0.3 is 10.4 Å². The maximum Gasteiger partial charge on any atom is 0.262 e. The molecule has 0 saturated heterocycles. The van der Waals surface area contributed by atoms with E-state index in [4.69, 9.17) is 0 Å². The number of nitrogens with zero attached hydrogens (tertiary/aromatic N) is 1. The fourth-order valence-electron chi connectivity index (χ4n) is 2.10. The van der Waals surface area contributed by atoms with Crippen molar-refractivity contribution in [3.8, 4) is 11.8 Å². The number of carbonyl (C=O) groups excluding carboxylic acids is 1. The van der Waals surface area contributed by atoms with Gasteiger partial charge >= 0.3 is 0 Å². The lowest BCUT2D eigenvalue weighted by Gasteiger charge is -2.14. The molecule has 1 atom stereocenters. The van der Waals surface area contributed by atoms with E-state index in [-0.39, 0.29) is 17.4 Å². The van der Waals surface area contributed by atoms with Crippen molar-refractivity contribution in [1.29, 1.82) is 5.26 Å². The quantitative estimate of drug-likeness (QED) is 0.524. The number of phenolic OH excluding ortho intramolecular Hbond substituents is 1. The van der Waals surface area contributed by atoms with Crippen LogP contribution in [0.15, 0.2) is 57.0 Å². The maximum atomic E-state index is 12.3. The summed E-state index contributed by atoms with van der Waals surface area (Å²) in [6.07, 6.45) is 1.36. The number of rotatable bonds is 4. The highest BCUT2D eigenvalue weighted by Crippen LogP contribution is 2.33. The van der Waals surface area contributed by atoms with Gasteiger partial charge in [0.15, 0.2) is 0 Å². The van der Waals surface area contributed by atoms with E-state index in [0.717, 1.165) is 5.56 Å². The maximum absolute atomic E-state index is 12.3. The topological polar surface area (TPSA) is 73.1 Å². The van der Waals surface area contributed by atoms with Gasteiger partial charge in [-0.05, 0) is 46.6 Å². The predicted molar refractivity (Wildman–Crippen MR) is 100 cm³/mol. The first-order chi connectivity index (χ1) is 11.4. The standard InChI is InChI=1S/C18H14Br2N2O2/c1-11(12-5-3-2-4-6-12)22-18(24)14(10-21)7-13-8-15(19)9-16(20)17(13)23/h2-9,11,23H,1H3,(H,22,24)/b14-7+/t11-/m0/s1. The number of benzene rings is 2. The second-order valence-electron chi connectivity index (χ2n) is 5.10. The molecule has 4 nitrogen and oxygen atoms in total. The third-order valence-corrected chi connectivity index (χ3v) is 4.43. The van der Waals surface area contributed by atoms with Gasteiger partial charge in [-0.2, -0.15) is 5.26 Å². The van der Waals surface area contributed by atoms with E-state index in [1.807, 2.05) is 43.3 Å². The Morgan fingerprint density at radius 1 is 1.29 bits per heavy atom. The molecular weight excluding hydrogens is 436 g/mol. The fourth-order valence-corrected chi connectivity index (χ4v) is 3.36. The summed E-state index contributed by atoms with van der Waals surface area (Å²) in [6, 6.07) is 14.4. The van der Waals surface area contributed by atoms with Crippen LogP contribution in [0.4, 0.5) is 0 Å². The fraction of sp³-hybridized carbons (Fsp3) is 0.111. The van der Waals surface area contributed by atoms with E-state index >= 15 is 0 Å². The lowest BCUT2D eigenvalue weighted by atomic mass is 10.1. The Labute approximate surface area is 157 Å². The Morgan fingerprint density at radius 3 is 2.58 bits per heavy atom. The van der Waals surface area contributed by atoms with Crippen molar-refractivity contribution in [2.45, 2.75) is 13.0 Å². The van der Waals surface area contributed by atoms with Crippen molar-refractivity contribution in [2.75, 3.05) is 0 Å². The summed E-state index contributed by atoms with van der Waals surface area (Å²) in [5.41, 5.74) is 1.23. The molecule has 0 aromatic heterocycles. The van der Waals surface area contributed by atoms with Crippen LogP contribution in [0.5, 0.6) is 5.75 Å². The van der Waals surface area contributed by atoms with Crippen molar-refractivity contribution in [1.82, 2.24) is 5.32 Å². The minimum Gasteiger partial charge on any atom is -0.506 e. The molecule has 6 heteroatoms. The van der Waals surface area contributed by atoms with E-state index in [9.17, 15) is 15.2 Å². The van der Waals surface area contributed by atoms with Crippen LogP contribution in [-0.4, -0.2) is 11.0 Å². The molecule has 0 aliphatic carbocycles. The number of hydrogen-bond acceptors (Lipinski definition) is 3. The van der Waals surface area contributed by atoms with Crippen LogP contribution in [0, 0.1) is 11.3 Å². The molecule has 2 N–H and O–H groups in total. The molecule has 2 aromatic carbocycles. The zero-order valence-electron chi connectivity index (χ0n) is 12.8. The Bertz CT molecular complexity index is 827. The third-order valence-electron chi connectivity index (χ3n) is 3.37. The monoisotopic (exact) mass is 448 g/mol. The number of amides is 1. The van der Waals surface area contributed by atoms with Crippen molar-refractivity contribution in [3.63, 3.8) is 0 Å². The van der Waals surface area contributed by atoms with Crippen LogP contribution < -0.4 is 5.32 Å². The first kappa shape index (κ1) is 18.2. The average Bonchev–Trinajstić information content (AvgIpc) is 2.57. The molecule has 0 aliphatic rings. The largest absolute Gasteiger partial charge is 0.506 e. The molecule has 2 aromatic rings. The average molecular weight is 450 g/mol. The van der Waals surface area contributed by atoms with Crippen LogP contribution in [0.1, 0.15) is 24.1 Å². The molecule has 0 unspecified atom stereocenters. The van der Waals surface area contributed by atoms with Gasteiger partial charge in [0, 0.05) is 10.0 Å². The van der Waals surface area contributed by atoms with E-state index in [2.05, 4.69) is 37.2 Å². The number of nitrogens with one attached hydrogen (secondary N) is 1. The van der Waals surface area contributed by atoms with Gasteiger partial charge in [-0.3, -0.25) is 4.79 Å². The summed E-state index contributed by atoms with van der Waals surface area (Å²) >= 11 is 6.54. The molecule has 24 heavy (non-hydrogen) atoms. The van der Waals surface area contributed by atoms with E-state index in [1.54, 1.807) is 12.1 Å². The van der Waals surface area contributed by atoms with Crippen LogP contribution in [0.25, 0.3) is 6.08 Å². The molecule has 0 aliphatic heterocycles. The van der Waals surface area contributed by atoms with Gasteiger partial charge in [0.25, 0.3) is 5.91 Å². The van der Waals surface area contributed by atoms with Crippen molar-refractivity contribution >= 4 is 43.8 Å². The Balaban J connectivity index is 2.25. The van der Waals surface area contributed by atoms with Gasteiger partial charge in [-0.25, -0.2) is 0 Å². The van der Waals surface area contributed by atoms with E-state index in [1.165, 1.54) is 6.08 Å². The number of aromatic hydroxyl groups is 1. The number of halogens is 2. The summed E-state index contributed by atoms with van der Waals surface area (Å²) in [4.78, 5) is 12.3. The van der Waals surface area contributed by atoms with Gasteiger partial charge in [-0.1, -0.05) is 46.3 Å². The molecule has 0 fully saturated rings. The lowest BCUT2D eigenvalue weighted by Crippen LogP contribution is -2.27. The molecule has 122 valence electrons. The number of hydrogen-bond donors (Lipinski definition) is 2. The zero-order valence-corrected chi connectivity index (χ0v) is 15.9. The predicted octanol–water partition coefficient (Wildman–Crippen LogP) is 4.70. The highest BCUT2D eigenvalue weighted by atomic mass is 79.9. The van der Waals surface area contributed by atoms with Gasteiger partial charge in [0.1, 0.15) is 17.4 Å². The number of nitriles is 1. The van der Waals surface area contributed by atoms with Gasteiger partial charge in [0.05, 0.1) is 10.5 Å². The second-order valence-corrected chi connectivity index (χ2v) is 6.87. The second kappa shape index (κ2) is 8.13. The highest BCUT2D eigenvalue weighted by molar-refractivity contribution is 9.11. The summed E-state index contributed by atoms with van der Waals surface area (Å²) in [5.74, 6) is -0.529. The van der Waals surface area contributed by atoms with Crippen molar-refractivity contribution in [2.24, 2.45) is 0 Å². The van der Waals surface area contributed by atoms with Gasteiger partial charge in [0.2, 0.25) is 0 Å². The number of carbonyl (C=O) groups is 1. The smallest absolute Gasteiger partial charge is 0.262 e. The van der Waals surface area contributed by atoms with Gasteiger partial charge in [-0.15, -0.1) is 0 Å². The summed E-state index contributed by atoms with van der Waals surface area (Å²) in [6.45, 7) is 1.84. The number of phenols is 1. The zero-order chi connectivity index (χ0) is 17.7.